The quantitative estimate of drug-likeness (QED) is 0.608. The third-order valence-electron chi connectivity index (χ3n) is 2.45. The summed E-state index contributed by atoms with van der Waals surface area (Å²) in [6, 6.07) is 14.8. The largest absolute Gasteiger partial charge is 0.370 e. The summed E-state index contributed by atoms with van der Waals surface area (Å²) in [6.07, 6.45) is 1.98. The third-order valence-corrected chi connectivity index (χ3v) is 2.45. The van der Waals surface area contributed by atoms with Gasteiger partial charge in [0.15, 0.2) is 0 Å². The number of hydrogen-bond acceptors (Lipinski definition) is 1. The Morgan fingerprint density at radius 2 is 1.71 bits per heavy atom. The lowest BCUT2D eigenvalue weighted by atomic mass is 10.1. The maximum absolute atomic E-state index is 9.22. The summed E-state index contributed by atoms with van der Waals surface area (Å²) < 4.78 is 0. The lowest BCUT2D eigenvalue weighted by Crippen LogP contribution is -2.01. The highest BCUT2D eigenvalue weighted by Crippen LogP contribution is 2.23. The molecule has 3 aromatic rings. The topological polar surface area (TPSA) is 58.9 Å². The fraction of sp³-hybridized carbons (Fsp3) is 0.0714. The van der Waals surface area contributed by atoms with Gasteiger partial charge in [-0.25, -0.2) is 0 Å². The van der Waals surface area contributed by atoms with Crippen molar-refractivity contribution < 1.29 is 4.79 Å². The van der Waals surface area contributed by atoms with E-state index in [2.05, 4.69) is 53.2 Å². The van der Waals surface area contributed by atoms with Crippen LogP contribution in [0.2, 0.25) is 0 Å². The van der Waals surface area contributed by atoms with Crippen molar-refractivity contribution in [1.29, 1.82) is 0 Å². The summed E-state index contributed by atoms with van der Waals surface area (Å²) in [6.45, 7) is 1.31. The number of aromatic nitrogens is 1. The van der Waals surface area contributed by atoms with Crippen LogP contribution in [0.1, 0.15) is 6.92 Å². The first-order valence-electron chi connectivity index (χ1n) is 5.39. The first-order chi connectivity index (χ1) is 8.18. The molecule has 17 heavy (non-hydrogen) atoms. The van der Waals surface area contributed by atoms with Crippen LogP contribution in [0.25, 0.3) is 21.7 Å². The molecule has 86 valence electrons. The number of rotatable bonds is 0. The lowest BCUT2D eigenvalue weighted by Gasteiger charge is -1.97. The minimum absolute atomic E-state index is 0.333. The molecule has 3 rings (SSSR count). The van der Waals surface area contributed by atoms with Gasteiger partial charge in [-0.1, -0.05) is 36.4 Å². The van der Waals surface area contributed by atoms with Gasteiger partial charge in [0.05, 0.1) is 5.52 Å². The fourth-order valence-corrected chi connectivity index (χ4v) is 1.80. The van der Waals surface area contributed by atoms with E-state index in [-0.39, 0.29) is 5.91 Å². The van der Waals surface area contributed by atoms with Crippen molar-refractivity contribution in [3.63, 3.8) is 0 Å². The van der Waals surface area contributed by atoms with Crippen molar-refractivity contribution in [2.24, 2.45) is 5.73 Å². The standard InChI is InChI=1S/C12H9N.C2H5NO/c1-2-4-11-9(3-1)5-6-10-7-8-13-12(10)11;1-2(3)4/h1-8,13H;1H3,(H2,3,4). The van der Waals surface area contributed by atoms with Crippen LogP contribution in [0, 0.1) is 0 Å². The second-order valence-electron chi connectivity index (χ2n) is 3.84. The van der Waals surface area contributed by atoms with E-state index in [0.29, 0.717) is 0 Å². The number of hydrogen-bond donors (Lipinski definition) is 2. The van der Waals surface area contributed by atoms with Crippen LogP contribution < -0.4 is 5.73 Å². The second-order valence-corrected chi connectivity index (χ2v) is 3.84. The van der Waals surface area contributed by atoms with Crippen molar-refractivity contribution in [1.82, 2.24) is 4.98 Å². The number of nitrogens with two attached hydrogens (primary N) is 1. The van der Waals surface area contributed by atoms with Crippen LogP contribution in [0.3, 0.4) is 0 Å². The molecule has 3 heteroatoms. The zero-order valence-electron chi connectivity index (χ0n) is 9.60. The third kappa shape index (κ3) is 2.45. The summed E-state index contributed by atoms with van der Waals surface area (Å²) in [5.41, 5.74) is 5.71. The molecule has 0 unspecified atom stereocenters. The molecule has 0 aliphatic carbocycles. The Balaban J connectivity index is 0.000000239. The Morgan fingerprint density at radius 3 is 2.47 bits per heavy atom. The van der Waals surface area contributed by atoms with Crippen LogP contribution in [0.4, 0.5) is 0 Å². The molecule has 1 aromatic heterocycles. The smallest absolute Gasteiger partial charge is 0.214 e. The van der Waals surface area contributed by atoms with E-state index in [1.54, 1.807) is 0 Å². The number of nitrogens with one attached hydrogen (secondary N) is 1. The Kier molecular flexibility index (Phi) is 3.10. The number of primary amides is 1. The van der Waals surface area contributed by atoms with Crippen LogP contribution in [-0.4, -0.2) is 10.9 Å². The predicted octanol–water partition coefficient (Wildman–Crippen LogP) is 2.81. The number of carbonyl (C=O) groups is 1. The van der Waals surface area contributed by atoms with Gasteiger partial charge in [0, 0.05) is 23.9 Å². The van der Waals surface area contributed by atoms with E-state index in [0.717, 1.165) is 0 Å². The molecule has 0 atom stereocenters. The van der Waals surface area contributed by atoms with Gasteiger partial charge < -0.3 is 10.7 Å². The normalized spacial score (nSPS) is 9.94. The first kappa shape index (κ1) is 11.2. The summed E-state index contributed by atoms with van der Waals surface area (Å²) in [4.78, 5) is 12.5. The molecule has 0 spiro atoms. The summed E-state index contributed by atoms with van der Waals surface area (Å²) in [7, 11) is 0. The molecule has 0 aliphatic rings. The Morgan fingerprint density at radius 1 is 1.06 bits per heavy atom. The van der Waals surface area contributed by atoms with Gasteiger partial charge in [0.2, 0.25) is 5.91 Å². The average molecular weight is 226 g/mol. The Hall–Kier alpha value is -2.29. The molecule has 0 bridgehead atoms. The number of fused-ring (bicyclic) bond motifs is 3. The summed E-state index contributed by atoms with van der Waals surface area (Å²) >= 11 is 0. The van der Waals surface area contributed by atoms with Gasteiger partial charge in [-0.05, 0) is 11.5 Å². The molecular weight excluding hydrogens is 212 g/mol. The van der Waals surface area contributed by atoms with Crippen molar-refractivity contribution >= 4 is 27.6 Å². The molecule has 0 saturated carbocycles. The lowest BCUT2D eigenvalue weighted by molar-refractivity contribution is -0.115. The van der Waals surface area contributed by atoms with Gasteiger partial charge in [-0.2, -0.15) is 0 Å². The molecule has 3 N–H and O–H groups in total. The average Bonchev–Trinajstić information content (AvgIpc) is 2.76. The monoisotopic (exact) mass is 226 g/mol. The van der Waals surface area contributed by atoms with E-state index in [9.17, 15) is 4.79 Å². The number of benzene rings is 2. The minimum atomic E-state index is -0.333. The molecule has 1 heterocycles. The zero-order chi connectivity index (χ0) is 12.3. The molecule has 0 radical (unpaired) electrons. The van der Waals surface area contributed by atoms with Crippen LogP contribution in [0.15, 0.2) is 48.7 Å². The highest BCUT2D eigenvalue weighted by molar-refractivity contribution is 6.05. The second kappa shape index (κ2) is 4.70. The zero-order valence-corrected chi connectivity index (χ0v) is 9.60. The van der Waals surface area contributed by atoms with Gasteiger partial charge in [0.25, 0.3) is 0 Å². The number of aromatic amines is 1. The number of H-pyrrole nitrogens is 1. The Labute approximate surface area is 99.2 Å². The molecule has 0 fully saturated rings. The minimum Gasteiger partial charge on any atom is -0.370 e. The van der Waals surface area contributed by atoms with E-state index in [1.807, 2.05) is 6.20 Å². The maximum atomic E-state index is 9.22. The Bertz CT molecular complexity index is 651. The summed E-state index contributed by atoms with van der Waals surface area (Å²) in [5.74, 6) is -0.333. The van der Waals surface area contributed by atoms with Gasteiger partial charge in [-0.15, -0.1) is 0 Å². The van der Waals surface area contributed by atoms with E-state index in [4.69, 9.17) is 0 Å². The molecule has 0 saturated heterocycles. The number of carbonyl (C=O) groups excluding carboxylic acids is 1. The van der Waals surface area contributed by atoms with Crippen molar-refractivity contribution in [2.75, 3.05) is 0 Å². The molecule has 0 aliphatic heterocycles. The SMILES string of the molecule is CC(N)=O.c1ccc2c(c1)ccc1cc[nH]c12. The summed E-state index contributed by atoms with van der Waals surface area (Å²) in [5, 5.41) is 3.86. The first-order valence-corrected chi connectivity index (χ1v) is 5.39. The predicted molar refractivity (Wildman–Crippen MR) is 70.7 cm³/mol. The molecular formula is C14H14N2O. The highest BCUT2D eigenvalue weighted by Gasteiger charge is 1.98. The molecule has 2 aromatic carbocycles. The fourth-order valence-electron chi connectivity index (χ4n) is 1.80. The van der Waals surface area contributed by atoms with Crippen molar-refractivity contribution in [2.45, 2.75) is 6.92 Å². The molecule has 3 nitrogen and oxygen atoms in total. The van der Waals surface area contributed by atoms with E-state index in [1.165, 1.54) is 28.6 Å². The van der Waals surface area contributed by atoms with Gasteiger partial charge in [0.1, 0.15) is 0 Å². The van der Waals surface area contributed by atoms with Crippen LogP contribution >= 0.6 is 0 Å². The highest BCUT2D eigenvalue weighted by atomic mass is 16.1. The number of amides is 1. The maximum Gasteiger partial charge on any atom is 0.214 e. The van der Waals surface area contributed by atoms with Crippen molar-refractivity contribution in [3.8, 4) is 0 Å². The van der Waals surface area contributed by atoms with Crippen LogP contribution in [0.5, 0.6) is 0 Å². The van der Waals surface area contributed by atoms with E-state index >= 15 is 0 Å². The van der Waals surface area contributed by atoms with Gasteiger partial charge in [-0.3, -0.25) is 4.79 Å². The molecule has 1 amide bonds. The van der Waals surface area contributed by atoms with Crippen molar-refractivity contribution in [3.05, 3.63) is 48.7 Å². The van der Waals surface area contributed by atoms with Crippen LogP contribution in [-0.2, 0) is 4.79 Å². The van der Waals surface area contributed by atoms with Gasteiger partial charge >= 0.3 is 0 Å². The van der Waals surface area contributed by atoms with E-state index < -0.39 is 0 Å².